The number of rotatable bonds is 6. The van der Waals surface area contributed by atoms with E-state index in [0.717, 1.165) is 17.3 Å². The first-order valence-electron chi connectivity index (χ1n) is 8.34. The van der Waals surface area contributed by atoms with Crippen molar-refractivity contribution in [2.45, 2.75) is 13.5 Å². The van der Waals surface area contributed by atoms with Crippen LogP contribution in [-0.4, -0.2) is 29.0 Å². The SMILES string of the molecule is COc1cc(OC)c(F)c(NCc2cnc(-c3cn(C)nc3C)cc2Cl)c1F. The van der Waals surface area contributed by atoms with Crippen LogP contribution in [-0.2, 0) is 13.6 Å². The Morgan fingerprint density at radius 2 is 1.79 bits per heavy atom. The van der Waals surface area contributed by atoms with E-state index in [0.29, 0.717) is 16.3 Å². The smallest absolute Gasteiger partial charge is 0.191 e. The number of pyridine rings is 1. The molecule has 6 nitrogen and oxygen atoms in total. The molecule has 0 saturated heterocycles. The Morgan fingerprint density at radius 3 is 2.29 bits per heavy atom. The molecule has 0 saturated carbocycles. The van der Waals surface area contributed by atoms with Crippen molar-refractivity contribution in [1.82, 2.24) is 14.8 Å². The number of hydrogen-bond donors (Lipinski definition) is 1. The van der Waals surface area contributed by atoms with E-state index >= 15 is 0 Å². The minimum atomic E-state index is -0.854. The maximum atomic E-state index is 14.4. The monoisotopic (exact) mass is 408 g/mol. The minimum Gasteiger partial charge on any atom is -0.493 e. The van der Waals surface area contributed by atoms with Gasteiger partial charge in [-0.05, 0) is 13.0 Å². The molecule has 0 aliphatic carbocycles. The summed E-state index contributed by atoms with van der Waals surface area (Å²) in [5.41, 5.74) is 2.56. The van der Waals surface area contributed by atoms with Crippen LogP contribution in [0.4, 0.5) is 14.5 Å². The molecule has 1 N–H and O–H groups in total. The van der Waals surface area contributed by atoms with Gasteiger partial charge in [0.05, 0.1) is 25.6 Å². The molecule has 0 unspecified atom stereocenters. The average molecular weight is 409 g/mol. The molecule has 3 aromatic rings. The van der Waals surface area contributed by atoms with Gasteiger partial charge in [0.2, 0.25) is 0 Å². The number of nitrogens with one attached hydrogen (secondary N) is 1. The van der Waals surface area contributed by atoms with Gasteiger partial charge >= 0.3 is 0 Å². The van der Waals surface area contributed by atoms with Crippen LogP contribution in [0.15, 0.2) is 24.5 Å². The van der Waals surface area contributed by atoms with Gasteiger partial charge in [-0.15, -0.1) is 0 Å². The summed E-state index contributed by atoms with van der Waals surface area (Å²) in [7, 11) is 4.40. The molecule has 1 aromatic carbocycles. The van der Waals surface area contributed by atoms with Crippen LogP contribution in [0.2, 0.25) is 5.02 Å². The maximum Gasteiger partial charge on any atom is 0.191 e. The molecule has 0 bridgehead atoms. The van der Waals surface area contributed by atoms with Crippen molar-refractivity contribution >= 4 is 17.3 Å². The molecule has 2 heterocycles. The molecule has 0 aliphatic rings. The zero-order valence-corrected chi connectivity index (χ0v) is 16.6. The zero-order chi connectivity index (χ0) is 20.4. The van der Waals surface area contributed by atoms with E-state index in [9.17, 15) is 8.78 Å². The van der Waals surface area contributed by atoms with Gasteiger partial charge in [-0.2, -0.15) is 5.10 Å². The second-order valence-electron chi connectivity index (χ2n) is 6.10. The summed E-state index contributed by atoms with van der Waals surface area (Å²) in [6.45, 7) is 1.93. The highest BCUT2D eigenvalue weighted by molar-refractivity contribution is 6.31. The zero-order valence-electron chi connectivity index (χ0n) is 15.8. The molecular formula is C19H19ClF2N4O2. The van der Waals surface area contributed by atoms with E-state index in [1.54, 1.807) is 16.9 Å². The Balaban J connectivity index is 1.87. The van der Waals surface area contributed by atoms with Gasteiger partial charge in [-0.25, -0.2) is 8.78 Å². The highest BCUT2D eigenvalue weighted by atomic mass is 35.5. The van der Waals surface area contributed by atoms with Gasteiger partial charge < -0.3 is 14.8 Å². The van der Waals surface area contributed by atoms with Gasteiger partial charge in [0.15, 0.2) is 23.1 Å². The molecule has 2 aromatic heterocycles. The number of aromatic nitrogens is 3. The third-order valence-electron chi connectivity index (χ3n) is 4.25. The number of halogens is 3. The van der Waals surface area contributed by atoms with Crippen LogP contribution in [0, 0.1) is 18.6 Å². The third kappa shape index (κ3) is 3.73. The Hall–Kier alpha value is -2.87. The fourth-order valence-corrected chi connectivity index (χ4v) is 3.03. The van der Waals surface area contributed by atoms with Crippen LogP contribution >= 0.6 is 11.6 Å². The minimum absolute atomic E-state index is 0.0578. The average Bonchev–Trinajstić information content (AvgIpc) is 3.01. The van der Waals surface area contributed by atoms with Crippen molar-refractivity contribution in [3.63, 3.8) is 0 Å². The van der Waals surface area contributed by atoms with E-state index < -0.39 is 11.6 Å². The van der Waals surface area contributed by atoms with Gasteiger partial charge in [-0.3, -0.25) is 9.67 Å². The largest absolute Gasteiger partial charge is 0.493 e. The van der Waals surface area contributed by atoms with Crippen LogP contribution in [0.5, 0.6) is 11.5 Å². The lowest BCUT2D eigenvalue weighted by atomic mass is 10.1. The number of anilines is 1. The molecule has 0 radical (unpaired) electrons. The normalized spacial score (nSPS) is 10.8. The molecule has 3 rings (SSSR count). The van der Waals surface area contributed by atoms with E-state index in [-0.39, 0.29) is 23.7 Å². The number of aryl methyl sites for hydroxylation is 2. The van der Waals surface area contributed by atoms with Gasteiger partial charge in [0.1, 0.15) is 5.69 Å². The Morgan fingerprint density at radius 1 is 1.14 bits per heavy atom. The van der Waals surface area contributed by atoms with E-state index in [1.807, 2.05) is 20.2 Å². The Bertz CT molecular complexity index is 995. The number of hydrogen-bond acceptors (Lipinski definition) is 5. The maximum absolute atomic E-state index is 14.4. The van der Waals surface area contributed by atoms with Crippen molar-refractivity contribution in [1.29, 1.82) is 0 Å². The first-order chi connectivity index (χ1) is 13.3. The van der Waals surface area contributed by atoms with Crippen molar-refractivity contribution in [3.8, 4) is 22.8 Å². The molecule has 0 spiro atoms. The first kappa shape index (κ1) is 19.9. The van der Waals surface area contributed by atoms with Gasteiger partial charge in [-0.1, -0.05) is 11.6 Å². The van der Waals surface area contributed by atoms with E-state index in [1.165, 1.54) is 14.2 Å². The number of benzene rings is 1. The van der Waals surface area contributed by atoms with Crippen LogP contribution in [0.1, 0.15) is 11.3 Å². The lowest BCUT2D eigenvalue weighted by Crippen LogP contribution is -2.07. The van der Waals surface area contributed by atoms with Crippen molar-refractivity contribution in [2.24, 2.45) is 7.05 Å². The second kappa shape index (κ2) is 8.02. The molecule has 0 amide bonds. The third-order valence-corrected chi connectivity index (χ3v) is 4.60. The summed E-state index contributed by atoms with van der Waals surface area (Å²) in [6, 6.07) is 2.84. The summed E-state index contributed by atoms with van der Waals surface area (Å²) >= 11 is 6.36. The Kier molecular flexibility index (Phi) is 5.69. The first-order valence-corrected chi connectivity index (χ1v) is 8.72. The fourth-order valence-electron chi connectivity index (χ4n) is 2.81. The molecular weight excluding hydrogens is 390 g/mol. The number of methoxy groups -OCH3 is 2. The van der Waals surface area contributed by atoms with Crippen LogP contribution < -0.4 is 14.8 Å². The lowest BCUT2D eigenvalue weighted by molar-refractivity contribution is 0.360. The van der Waals surface area contributed by atoms with Crippen LogP contribution in [0.3, 0.4) is 0 Å². The molecule has 0 atom stereocenters. The van der Waals surface area contributed by atoms with Gasteiger partial charge in [0, 0.05) is 48.2 Å². The standard InChI is InChI=1S/C19H19ClF2N4O2/c1-10-12(9-26(2)25-10)14-5-13(20)11(7-23-14)8-24-19-17(21)15(27-3)6-16(28-4)18(19)22/h5-7,9,24H,8H2,1-4H3. The van der Waals surface area contributed by atoms with Crippen LogP contribution in [0.25, 0.3) is 11.3 Å². The fraction of sp³-hybridized carbons (Fsp3) is 0.263. The second-order valence-corrected chi connectivity index (χ2v) is 6.51. The molecule has 148 valence electrons. The summed E-state index contributed by atoms with van der Waals surface area (Å²) in [5, 5.41) is 7.41. The summed E-state index contributed by atoms with van der Waals surface area (Å²) in [5.74, 6) is -1.97. The summed E-state index contributed by atoms with van der Waals surface area (Å²) in [6.07, 6.45) is 3.41. The van der Waals surface area contributed by atoms with Crippen molar-refractivity contribution in [3.05, 3.63) is 52.4 Å². The topological polar surface area (TPSA) is 61.2 Å². The molecule has 0 aliphatic heterocycles. The van der Waals surface area contributed by atoms with Gasteiger partial charge in [0.25, 0.3) is 0 Å². The van der Waals surface area contributed by atoms with Crippen molar-refractivity contribution < 1.29 is 18.3 Å². The lowest BCUT2D eigenvalue weighted by Gasteiger charge is -2.14. The number of ether oxygens (including phenoxy) is 2. The quantitative estimate of drug-likeness (QED) is 0.657. The molecule has 28 heavy (non-hydrogen) atoms. The molecule has 9 heteroatoms. The number of nitrogens with zero attached hydrogens (tertiary/aromatic N) is 3. The predicted molar refractivity (Wildman–Crippen MR) is 103 cm³/mol. The van der Waals surface area contributed by atoms with Crippen molar-refractivity contribution in [2.75, 3.05) is 19.5 Å². The molecule has 0 fully saturated rings. The van der Waals surface area contributed by atoms with E-state index in [2.05, 4.69) is 15.4 Å². The predicted octanol–water partition coefficient (Wildman–Crippen LogP) is 4.35. The summed E-state index contributed by atoms with van der Waals surface area (Å²) in [4.78, 5) is 4.39. The van der Waals surface area contributed by atoms with E-state index in [4.69, 9.17) is 21.1 Å². The highest BCUT2D eigenvalue weighted by Crippen LogP contribution is 2.35. The highest BCUT2D eigenvalue weighted by Gasteiger charge is 2.20. The summed E-state index contributed by atoms with van der Waals surface area (Å²) < 4.78 is 40.4. The Labute approximate surface area is 166 Å².